The van der Waals surface area contributed by atoms with Crippen LogP contribution in [-0.4, -0.2) is 45.8 Å². The number of aromatic nitrogens is 3. The number of hydrogen-bond donors (Lipinski definition) is 1. The molecular weight excluding hydrogens is 379 g/mol. The highest BCUT2D eigenvalue weighted by molar-refractivity contribution is 14.0. The van der Waals surface area contributed by atoms with E-state index in [1.165, 1.54) is 6.42 Å². The van der Waals surface area contributed by atoms with E-state index in [0.717, 1.165) is 30.6 Å². The van der Waals surface area contributed by atoms with Crippen LogP contribution in [0.2, 0.25) is 0 Å². The molecule has 1 aromatic rings. The first-order chi connectivity index (χ1) is 9.60. The largest absolute Gasteiger partial charge is 0.353 e. The highest BCUT2D eigenvalue weighted by atomic mass is 127. The maximum Gasteiger partial charge on any atom is 0.194 e. The van der Waals surface area contributed by atoms with E-state index in [0.29, 0.717) is 13.1 Å². The Balaban J connectivity index is 0.00000400. The molecule has 0 aliphatic heterocycles. The first-order valence-corrected chi connectivity index (χ1v) is 7.05. The summed E-state index contributed by atoms with van der Waals surface area (Å²) in [6.45, 7) is 10.1. The van der Waals surface area contributed by atoms with Gasteiger partial charge in [0.25, 0.3) is 0 Å². The van der Waals surface area contributed by atoms with Crippen molar-refractivity contribution in [2.24, 2.45) is 12.0 Å². The molecule has 0 aromatic carbocycles. The van der Waals surface area contributed by atoms with Crippen molar-refractivity contribution in [1.29, 1.82) is 0 Å². The molecule has 6 nitrogen and oxygen atoms in total. The second kappa shape index (κ2) is 10.6. The average molecular weight is 406 g/mol. The van der Waals surface area contributed by atoms with Gasteiger partial charge in [0.1, 0.15) is 12.4 Å². The first-order valence-electron chi connectivity index (χ1n) is 7.05. The van der Waals surface area contributed by atoms with Crippen LogP contribution in [0, 0.1) is 6.92 Å². The zero-order chi connectivity index (χ0) is 15.0. The molecule has 0 radical (unpaired) electrons. The summed E-state index contributed by atoms with van der Waals surface area (Å²) in [5, 5.41) is 11.4. The predicted molar refractivity (Wildman–Crippen MR) is 98.0 cm³/mol. The number of unbranched alkanes of at least 4 members (excludes halogenated alkanes) is 1. The summed E-state index contributed by atoms with van der Waals surface area (Å²) in [7, 11) is 4.00. The van der Waals surface area contributed by atoms with Gasteiger partial charge < -0.3 is 14.8 Å². The van der Waals surface area contributed by atoms with Gasteiger partial charge in [0.05, 0.1) is 0 Å². The van der Waals surface area contributed by atoms with Gasteiger partial charge in [-0.1, -0.05) is 19.4 Å². The Bertz CT molecular complexity index is 454. The molecule has 1 aromatic heterocycles. The van der Waals surface area contributed by atoms with Crippen molar-refractivity contribution in [2.75, 3.05) is 20.1 Å². The second-order valence-electron chi connectivity index (χ2n) is 4.81. The van der Waals surface area contributed by atoms with Crippen LogP contribution in [0.15, 0.2) is 17.6 Å². The highest BCUT2D eigenvalue weighted by Crippen LogP contribution is 2.00. The maximum atomic E-state index is 4.62. The molecule has 120 valence electrons. The van der Waals surface area contributed by atoms with Crippen molar-refractivity contribution in [2.45, 2.75) is 33.2 Å². The van der Waals surface area contributed by atoms with Crippen LogP contribution in [0.3, 0.4) is 0 Å². The normalized spacial score (nSPS) is 11.0. The standard InChI is InChI=1S/C14H26N6.HI/c1-6-8-10-19(4)14(15-9-7-2)16-11-13-18-17-12(3)20(13)5;/h7H,2,6,8-11H2,1,3-5H3,(H,15,16);1H. The summed E-state index contributed by atoms with van der Waals surface area (Å²) in [5.74, 6) is 2.64. The zero-order valence-corrected chi connectivity index (χ0v) is 15.8. The minimum Gasteiger partial charge on any atom is -0.353 e. The molecule has 0 bridgehead atoms. The van der Waals surface area contributed by atoms with E-state index in [2.05, 4.69) is 38.9 Å². The number of hydrogen-bond acceptors (Lipinski definition) is 3. The van der Waals surface area contributed by atoms with Gasteiger partial charge in [0.15, 0.2) is 11.8 Å². The lowest BCUT2D eigenvalue weighted by Crippen LogP contribution is -2.39. The Morgan fingerprint density at radius 3 is 2.71 bits per heavy atom. The van der Waals surface area contributed by atoms with Gasteiger partial charge in [-0.15, -0.1) is 40.8 Å². The van der Waals surface area contributed by atoms with Gasteiger partial charge in [0, 0.05) is 27.2 Å². The van der Waals surface area contributed by atoms with E-state index in [1.807, 2.05) is 31.7 Å². The van der Waals surface area contributed by atoms with Gasteiger partial charge in [-0.25, -0.2) is 4.99 Å². The molecular formula is C14H27IN6. The van der Waals surface area contributed by atoms with E-state index in [4.69, 9.17) is 0 Å². The molecule has 0 unspecified atom stereocenters. The van der Waals surface area contributed by atoms with Crippen molar-refractivity contribution < 1.29 is 0 Å². The van der Waals surface area contributed by atoms with Crippen molar-refractivity contribution in [3.8, 4) is 0 Å². The van der Waals surface area contributed by atoms with Crippen molar-refractivity contribution >= 4 is 29.9 Å². The fourth-order valence-corrected chi connectivity index (χ4v) is 1.71. The monoisotopic (exact) mass is 406 g/mol. The van der Waals surface area contributed by atoms with E-state index in [9.17, 15) is 0 Å². The second-order valence-corrected chi connectivity index (χ2v) is 4.81. The molecule has 0 saturated heterocycles. The molecule has 1 rings (SSSR count). The Labute approximate surface area is 144 Å². The van der Waals surface area contributed by atoms with Crippen LogP contribution in [0.5, 0.6) is 0 Å². The van der Waals surface area contributed by atoms with Crippen LogP contribution >= 0.6 is 24.0 Å². The molecule has 0 saturated carbocycles. The Morgan fingerprint density at radius 2 is 2.19 bits per heavy atom. The molecule has 1 heterocycles. The van der Waals surface area contributed by atoms with Crippen LogP contribution in [0.4, 0.5) is 0 Å². The minimum atomic E-state index is 0. The molecule has 7 heteroatoms. The molecule has 0 fully saturated rings. The quantitative estimate of drug-likeness (QED) is 0.326. The summed E-state index contributed by atoms with van der Waals surface area (Å²) < 4.78 is 1.96. The summed E-state index contributed by atoms with van der Waals surface area (Å²) in [5.41, 5.74) is 0. The summed E-state index contributed by atoms with van der Waals surface area (Å²) in [6.07, 6.45) is 4.14. The average Bonchev–Trinajstić information content (AvgIpc) is 2.76. The molecule has 0 aliphatic carbocycles. The highest BCUT2D eigenvalue weighted by Gasteiger charge is 2.07. The number of nitrogens with zero attached hydrogens (tertiary/aromatic N) is 5. The van der Waals surface area contributed by atoms with Gasteiger partial charge in [-0.2, -0.15) is 0 Å². The molecule has 1 N–H and O–H groups in total. The smallest absolute Gasteiger partial charge is 0.194 e. The van der Waals surface area contributed by atoms with Crippen LogP contribution in [0.1, 0.15) is 31.4 Å². The van der Waals surface area contributed by atoms with Crippen molar-refractivity contribution in [3.05, 3.63) is 24.3 Å². The van der Waals surface area contributed by atoms with E-state index in [1.54, 1.807) is 0 Å². The van der Waals surface area contributed by atoms with Crippen LogP contribution < -0.4 is 5.32 Å². The number of guanidine groups is 1. The molecule has 0 amide bonds. The van der Waals surface area contributed by atoms with Crippen molar-refractivity contribution in [1.82, 2.24) is 25.0 Å². The Morgan fingerprint density at radius 1 is 1.48 bits per heavy atom. The van der Waals surface area contributed by atoms with Gasteiger partial charge in [-0.3, -0.25) is 0 Å². The van der Waals surface area contributed by atoms with Gasteiger partial charge in [-0.05, 0) is 13.3 Å². The number of rotatable bonds is 7. The summed E-state index contributed by atoms with van der Waals surface area (Å²) >= 11 is 0. The predicted octanol–water partition coefficient (Wildman–Crippen LogP) is 2.11. The molecule has 0 aliphatic rings. The number of aliphatic imine (C=N–C) groups is 1. The lowest BCUT2D eigenvalue weighted by atomic mass is 10.3. The number of aryl methyl sites for hydroxylation is 1. The first kappa shape index (κ1) is 19.9. The molecule has 0 spiro atoms. The molecule has 0 atom stereocenters. The maximum absolute atomic E-state index is 4.62. The number of halogens is 1. The van der Waals surface area contributed by atoms with Gasteiger partial charge >= 0.3 is 0 Å². The lowest BCUT2D eigenvalue weighted by molar-refractivity contribution is 0.465. The van der Waals surface area contributed by atoms with Crippen LogP contribution in [-0.2, 0) is 13.6 Å². The van der Waals surface area contributed by atoms with Gasteiger partial charge in [0.2, 0.25) is 0 Å². The lowest BCUT2D eigenvalue weighted by Gasteiger charge is -2.21. The third kappa shape index (κ3) is 6.45. The third-order valence-electron chi connectivity index (χ3n) is 3.17. The fraction of sp³-hybridized carbons (Fsp3) is 0.643. The van der Waals surface area contributed by atoms with E-state index >= 15 is 0 Å². The van der Waals surface area contributed by atoms with E-state index < -0.39 is 0 Å². The topological polar surface area (TPSA) is 58.3 Å². The van der Waals surface area contributed by atoms with E-state index in [-0.39, 0.29) is 24.0 Å². The SMILES string of the molecule is C=CCNC(=NCc1nnc(C)n1C)N(C)CCCC.I. The summed E-state index contributed by atoms with van der Waals surface area (Å²) in [6, 6.07) is 0. The number of nitrogens with one attached hydrogen (secondary N) is 1. The van der Waals surface area contributed by atoms with Crippen LogP contribution in [0.25, 0.3) is 0 Å². The molecule has 21 heavy (non-hydrogen) atoms. The minimum absolute atomic E-state index is 0. The summed E-state index contributed by atoms with van der Waals surface area (Å²) in [4.78, 5) is 6.75. The Hall–Kier alpha value is -1.12. The zero-order valence-electron chi connectivity index (χ0n) is 13.5. The fourth-order valence-electron chi connectivity index (χ4n) is 1.71. The van der Waals surface area contributed by atoms with Crippen molar-refractivity contribution in [3.63, 3.8) is 0 Å². The Kier molecular flexibility index (Phi) is 10.0. The third-order valence-corrected chi connectivity index (χ3v) is 3.17.